The molecule has 0 bridgehead atoms. The van der Waals surface area contributed by atoms with Gasteiger partial charge >= 0.3 is 0 Å². The van der Waals surface area contributed by atoms with Crippen molar-refractivity contribution in [3.8, 4) is 0 Å². The Morgan fingerprint density at radius 2 is 1.95 bits per heavy atom. The van der Waals surface area contributed by atoms with Crippen LogP contribution >= 0.6 is 11.3 Å². The van der Waals surface area contributed by atoms with Crippen molar-refractivity contribution in [2.24, 2.45) is 5.92 Å². The lowest BCUT2D eigenvalue weighted by Gasteiger charge is -2.10. The Kier molecular flexibility index (Phi) is 4.58. The second-order valence-corrected chi connectivity index (χ2v) is 6.86. The zero-order chi connectivity index (χ0) is 14.0. The van der Waals surface area contributed by atoms with Gasteiger partial charge in [0.2, 0.25) is 0 Å². The van der Waals surface area contributed by atoms with Crippen molar-refractivity contribution in [1.82, 2.24) is 5.32 Å². The molecule has 0 radical (unpaired) electrons. The predicted molar refractivity (Wildman–Crippen MR) is 82.3 cm³/mol. The van der Waals surface area contributed by atoms with Crippen LogP contribution < -0.4 is 5.32 Å². The SMILES string of the molecule is CC(C)Cc1c(CNC(C)C)sc2c(F)cccc12. The number of rotatable bonds is 5. The molecule has 19 heavy (non-hydrogen) atoms. The molecule has 0 aliphatic heterocycles. The monoisotopic (exact) mass is 279 g/mol. The molecule has 104 valence electrons. The van der Waals surface area contributed by atoms with Crippen LogP contribution in [0.15, 0.2) is 18.2 Å². The smallest absolute Gasteiger partial charge is 0.141 e. The van der Waals surface area contributed by atoms with Crippen molar-refractivity contribution >= 4 is 21.4 Å². The number of benzene rings is 1. The maximum atomic E-state index is 13.9. The van der Waals surface area contributed by atoms with Crippen molar-refractivity contribution in [1.29, 1.82) is 0 Å². The van der Waals surface area contributed by atoms with Gasteiger partial charge in [0.1, 0.15) is 5.82 Å². The van der Waals surface area contributed by atoms with E-state index >= 15 is 0 Å². The van der Waals surface area contributed by atoms with Gasteiger partial charge in [-0.2, -0.15) is 0 Å². The summed E-state index contributed by atoms with van der Waals surface area (Å²) in [5.74, 6) is 0.488. The molecule has 2 rings (SSSR count). The van der Waals surface area contributed by atoms with E-state index in [1.165, 1.54) is 10.4 Å². The summed E-state index contributed by atoms with van der Waals surface area (Å²) in [6, 6.07) is 5.86. The summed E-state index contributed by atoms with van der Waals surface area (Å²) in [4.78, 5) is 1.28. The van der Waals surface area contributed by atoms with Crippen LogP contribution in [0.1, 0.15) is 38.1 Å². The fourth-order valence-corrected chi connectivity index (χ4v) is 3.44. The number of hydrogen-bond acceptors (Lipinski definition) is 2. The highest BCUT2D eigenvalue weighted by atomic mass is 32.1. The Bertz CT molecular complexity index is 557. The van der Waals surface area contributed by atoms with Crippen molar-refractivity contribution in [2.75, 3.05) is 0 Å². The molecule has 0 spiro atoms. The fourth-order valence-electron chi connectivity index (χ4n) is 2.26. The van der Waals surface area contributed by atoms with Crippen molar-refractivity contribution in [3.63, 3.8) is 0 Å². The normalized spacial score (nSPS) is 11.9. The lowest BCUT2D eigenvalue weighted by Crippen LogP contribution is -2.21. The minimum absolute atomic E-state index is 0.0942. The molecule has 1 aromatic carbocycles. The molecular weight excluding hydrogens is 257 g/mol. The fraction of sp³-hybridized carbons (Fsp3) is 0.500. The third kappa shape index (κ3) is 3.34. The van der Waals surface area contributed by atoms with Crippen LogP contribution in [0.3, 0.4) is 0 Å². The van der Waals surface area contributed by atoms with Gasteiger partial charge in [-0.05, 0) is 29.4 Å². The molecule has 0 amide bonds. The average molecular weight is 279 g/mol. The van der Waals surface area contributed by atoms with Gasteiger partial charge in [0, 0.05) is 17.5 Å². The molecular formula is C16H22FNS. The highest BCUT2D eigenvalue weighted by Crippen LogP contribution is 2.34. The summed E-state index contributed by atoms with van der Waals surface area (Å²) in [5, 5.41) is 4.54. The predicted octanol–water partition coefficient (Wildman–Crippen LogP) is 4.74. The molecule has 2 aromatic rings. The second-order valence-electron chi connectivity index (χ2n) is 5.75. The van der Waals surface area contributed by atoms with Crippen molar-refractivity contribution in [2.45, 2.75) is 46.7 Å². The second kappa shape index (κ2) is 6.02. The maximum Gasteiger partial charge on any atom is 0.141 e. The zero-order valence-electron chi connectivity index (χ0n) is 12.1. The van der Waals surface area contributed by atoms with Crippen LogP contribution in [0.5, 0.6) is 0 Å². The van der Waals surface area contributed by atoms with Gasteiger partial charge in [0.15, 0.2) is 0 Å². The van der Waals surface area contributed by atoms with Crippen LogP contribution in [0, 0.1) is 11.7 Å². The molecule has 3 heteroatoms. The van der Waals surface area contributed by atoms with Gasteiger partial charge in [0.05, 0.1) is 4.70 Å². The quantitative estimate of drug-likeness (QED) is 0.833. The standard InChI is InChI=1S/C16H22FNS/c1-10(2)8-13-12-6-5-7-14(17)16(12)19-15(13)9-18-11(3)4/h5-7,10-11,18H,8-9H2,1-4H3. The van der Waals surface area contributed by atoms with E-state index in [0.29, 0.717) is 12.0 Å². The topological polar surface area (TPSA) is 12.0 Å². The molecule has 0 saturated carbocycles. The third-order valence-electron chi connectivity index (χ3n) is 3.14. The number of thiophene rings is 1. The number of fused-ring (bicyclic) bond motifs is 1. The number of hydrogen-bond donors (Lipinski definition) is 1. The largest absolute Gasteiger partial charge is 0.310 e. The van der Waals surface area contributed by atoms with Crippen LogP contribution in [0.25, 0.3) is 10.1 Å². The summed E-state index contributed by atoms with van der Waals surface area (Å²) >= 11 is 1.60. The first-order chi connectivity index (χ1) is 8.99. The van der Waals surface area contributed by atoms with E-state index in [1.807, 2.05) is 12.1 Å². The van der Waals surface area contributed by atoms with Crippen LogP contribution in [0.4, 0.5) is 4.39 Å². The Balaban J connectivity index is 2.45. The van der Waals surface area contributed by atoms with Gasteiger partial charge in [-0.1, -0.05) is 39.8 Å². The highest BCUT2D eigenvalue weighted by Gasteiger charge is 2.15. The van der Waals surface area contributed by atoms with Crippen LogP contribution in [-0.2, 0) is 13.0 Å². The summed E-state index contributed by atoms with van der Waals surface area (Å²) in [7, 11) is 0. The van der Waals surface area contributed by atoms with Crippen molar-refractivity contribution in [3.05, 3.63) is 34.5 Å². The molecule has 0 unspecified atom stereocenters. The highest BCUT2D eigenvalue weighted by molar-refractivity contribution is 7.19. The van der Waals surface area contributed by atoms with Crippen LogP contribution in [0.2, 0.25) is 0 Å². The summed E-state index contributed by atoms with van der Waals surface area (Å²) in [5.41, 5.74) is 1.32. The first kappa shape index (κ1) is 14.5. The Hall–Kier alpha value is -0.930. The van der Waals surface area contributed by atoms with Gasteiger partial charge in [-0.3, -0.25) is 0 Å². The molecule has 0 atom stereocenters. The Labute approximate surface area is 118 Å². The van der Waals surface area contributed by atoms with Crippen molar-refractivity contribution < 1.29 is 4.39 Å². The average Bonchev–Trinajstić information content (AvgIpc) is 2.66. The molecule has 1 nitrogen and oxygen atoms in total. The lowest BCUT2D eigenvalue weighted by atomic mass is 9.99. The first-order valence-corrected chi connectivity index (χ1v) is 7.72. The molecule has 0 saturated heterocycles. The van der Waals surface area contributed by atoms with E-state index in [9.17, 15) is 4.39 Å². The van der Waals surface area contributed by atoms with Gasteiger partial charge in [-0.25, -0.2) is 4.39 Å². The van der Waals surface area contributed by atoms with E-state index in [0.717, 1.165) is 23.1 Å². The van der Waals surface area contributed by atoms with E-state index < -0.39 is 0 Å². The molecule has 0 aliphatic rings. The van der Waals surface area contributed by atoms with Gasteiger partial charge in [-0.15, -0.1) is 11.3 Å². The minimum Gasteiger partial charge on any atom is -0.310 e. The van der Waals surface area contributed by atoms with E-state index in [1.54, 1.807) is 17.4 Å². The van der Waals surface area contributed by atoms with Gasteiger partial charge < -0.3 is 5.32 Å². The molecule has 0 aliphatic carbocycles. The van der Waals surface area contributed by atoms with E-state index in [-0.39, 0.29) is 5.82 Å². The van der Waals surface area contributed by atoms with E-state index in [2.05, 4.69) is 33.0 Å². The summed E-state index contributed by atoms with van der Waals surface area (Å²) in [6.45, 7) is 9.52. The Morgan fingerprint density at radius 1 is 1.21 bits per heavy atom. The minimum atomic E-state index is -0.0942. The molecule has 1 heterocycles. The van der Waals surface area contributed by atoms with Crippen LogP contribution in [-0.4, -0.2) is 6.04 Å². The Morgan fingerprint density at radius 3 is 2.58 bits per heavy atom. The zero-order valence-corrected chi connectivity index (χ0v) is 12.9. The summed E-state index contributed by atoms with van der Waals surface area (Å²) < 4.78 is 14.7. The number of halogens is 1. The third-order valence-corrected chi connectivity index (χ3v) is 4.39. The first-order valence-electron chi connectivity index (χ1n) is 6.91. The summed E-state index contributed by atoms with van der Waals surface area (Å²) in [6.07, 6.45) is 1.01. The number of nitrogens with one attached hydrogen (secondary N) is 1. The lowest BCUT2D eigenvalue weighted by molar-refractivity contribution is 0.585. The molecule has 1 aromatic heterocycles. The van der Waals surface area contributed by atoms with Gasteiger partial charge in [0.25, 0.3) is 0 Å². The van der Waals surface area contributed by atoms with E-state index in [4.69, 9.17) is 0 Å². The molecule has 1 N–H and O–H groups in total. The molecule has 0 fully saturated rings. The maximum absolute atomic E-state index is 13.9.